The van der Waals surface area contributed by atoms with Crippen molar-refractivity contribution in [1.29, 1.82) is 5.26 Å². The number of aromatic nitrogens is 4. The summed E-state index contributed by atoms with van der Waals surface area (Å²) < 4.78 is 16.1. The van der Waals surface area contributed by atoms with Crippen LogP contribution in [0, 0.1) is 17.1 Å². The summed E-state index contributed by atoms with van der Waals surface area (Å²) in [6.45, 7) is 0. The van der Waals surface area contributed by atoms with E-state index in [1.165, 1.54) is 45.1 Å². The number of nitriles is 1. The van der Waals surface area contributed by atoms with Crippen molar-refractivity contribution < 1.29 is 4.39 Å². The number of rotatable bonds is 3. The van der Waals surface area contributed by atoms with Gasteiger partial charge in [-0.3, -0.25) is 13.8 Å². The highest BCUT2D eigenvalue weighted by Crippen LogP contribution is 2.15. The maximum absolute atomic E-state index is 13.3. The molecule has 0 N–H and O–H groups in total. The van der Waals surface area contributed by atoms with Crippen LogP contribution in [0.1, 0.15) is 0 Å². The maximum Gasteiger partial charge on any atom is 0.300 e. The molecule has 3 rings (SSSR count). The van der Waals surface area contributed by atoms with E-state index >= 15 is 0 Å². The van der Waals surface area contributed by atoms with E-state index in [9.17, 15) is 9.18 Å². The van der Waals surface area contributed by atoms with Crippen LogP contribution in [-0.2, 0) is 0 Å². The van der Waals surface area contributed by atoms with E-state index in [2.05, 4.69) is 10.2 Å². The van der Waals surface area contributed by atoms with E-state index in [4.69, 9.17) is 5.26 Å². The van der Waals surface area contributed by atoms with Gasteiger partial charge in [0.05, 0.1) is 17.5 Å². The molecule has 0 radical (unpaired) electrons. The average molecular weight is 301 g/mol. The topological polar surface area (TPSA) is 76.0 Å². The van der Waals surface area contributed by atoms with Gasteiger partial charge < -0.3 is 0 Å². The highest BCUT2D eigenvalue weighted by Gasteiger charge is 2.11. The number of hydrogen-bond donors (Lipinski definition) is 0. The fourth-order valence-corrected chi connectivity index (χ4v) is 2.47. The van der Waals surface area contributed by atoms with Crippen LogP contribution >= 0.6 is 11.8 Å². The van der Waals surface area contributed by atoms with Gasteiger partial charge in [0.15, 0.2) is 5.16 Å². The summed E-state index contributed by atoms with van der Waals surface area (Å²) in [5.41, 5.74) is 0.137. The predicted octanol–water partition coefficient (Wildman–Crippen LogP) is 1.63. The van der Waals surface area contributed by atoms with Gasteiger partial charge in [0.25, 0.3) is 0 Å². The molecule has 0 saturated heterocycles. The number of nitrogens with zero attached hydrogens (tertiary/aromatic N) is 5. The van der Waals surface area contributed by atoms with Crippen molar-refractivity contribution in [3.05, 3.63) is 52.8 Å². The first-order valence-corrected chi connectivity index (χ1v) is 6.91. The van der Waals surface area contributed by atoms with Crippen LogP contribution in [0.15, 0.2) is 46.6 Å². The molecule has 2 heterocycles. The Hall–Kier alpha value is -2.66. The molecule has 0 bridgehead atoms. The van der Waals surface area contributed by atoms with Crippen LogP contribution < -0.4 is 5.56 Å². The molecule has 0 aliphatic carbocycles. The first kappa shape index (κ1) is 13.3. The minimum Gasteiger partial charge on any atom is -0.279 e. The fourth-order valence-electron chi connectivity index (χ4n) is 1.89. The maximum atomic E-state index is 13.3. The molecule has 6 nitrogen and oxygen atoms in total. The third-order valence-electron chi connectivity index (χ3n) is 2.79. The smallest absolute Gasteiger partial charge is 0.279 e. The van der Waals surface area contributed by atoms with E-state index in [0.29, 0.717) is 10.8 Å². The second-order valence-electron chi connectivity index (χ2n) is 4.08. The van der Waals surface area contributed by atoms with Crippen molar-refractivity contribution >= 4 is 17.4 Å². The summed E-state index contributed by atoms with van der Waals surface area (Å²) in [6, 6.07) is 7.71. The van der Waals surface area contributed by atoms with E-state index in [1.807, 2.05) is 6.07 Å². The van der Waals surface area contributed by atoms with Crippen molar-refractivity contribution in [2.75, 3.05) is 5.75 Å². The molecule has 0 amide bonds. The number of fused-ring (bicyclic) bond motifs is 1. The predicted molar refractivity (Wildman–Crippen MR) is 74.9 cm³/mol. The molecule has 0 aliphatic rings. The lowest BCUT2D eigenvalue weighted by Crippen LogP contribution is -2.20. The third kappa shape index (κ3) is 2.39. The van der Waals surface area contributed by atoms with Crippen molar-refractivity contribution in [2.24, 2.45) is 0 Å². The molecule has 1 aromatic carbocycles. The minimum absolute atomic E-state index is 0.127. The molecule has 0 atom stereocenters. The van der Waals surface area contributed by atoms with Crippen molar-refractivity contribution in [3.8, 4) is 11.8 Å². The summed E-state index contributed by atoms with van der Waals surface area (Å²) in [7, 11) is 0. The molecule has 21 heavy (non-hydrogen) atoms. The standard InChI is InChI=1S/C13H8FN5OS/c14-9-2-1-3-10(8-9)18-5-6-19-11(12(18)20)16-17-13(19)21-7-4-15/h1-3,5-6,8H,7H2. The van der Waals surface area contributed by atoms with Crippen LogP contribution in [0.2, 0.25) is 0 Å². The highest BCUT2D eigenvalue weighted by atomic mass is 32.2. The zero-order chi connectivity index (χ0) is 14.8. The first-order valence-electron chi connectivity index (χ1n) is 5.93. The quantitative estimate of drug-likeness (QED) is 0.687. The van der Waals surface area contributed by atoms with E-state index in [0.717, 1.165) is 0 Å². The molecule has 104 valence electrons. The van der Waals surface area contributed by atoms with Crippen LogP contribution in [0.3, 0.4) is 0 Å². The molecular formula is C13H8FN5OS. The van der Waals surface area contributed by atoms with E-state index < -0.39 is 11.4 Å². The van der Waals surface area contributed by atoms with Crippen LogP contribution in [0.5, 0.6) is 0 Å². The molecule has 0 unspecified atom stereocenters. The Morgan fingerprint density at radius 1 is 1.33 bits per heavy atom. The Morgan fingerprint density at radius 3 is 2.95 bits per heavy atom. The Morgan fingerprint density at radius 2 is 2.19 bits per heavy atom. The highest BCUT2D eigenvalue weighted by molar-refractivity contribution is 7.99. The molecule has 8 heteroatoms. The third-order valence-corrected chi connectivity index (χ3v) is 3.60. The van der Waals surface area contributed by atoms with Crippen molar-refractivity contribution in [3.63, 3.8) is 0 Å². The zero-order valence-corrected chi connectivity index (χ0v) is 11.4. The second kappa shape index (κ2) is 5.38. The number of benzene rings is 1. The van der Waals surface area contributed by atoms with Crippen LogP contribution in [0.25, 0.3) is 11.3 Å². The number of halogens is 1. The largest absolute Gasteiger partial charge is 0.300 e. The molecule has 3 aromatic rings. The van der Waals surface area contributed by atoms with Gasteiger partial charge in [-0.1, -0.05) is 17.8 Å². The van der Waals surface area contributed by atoms with Crippen molar-refractivity contribution in [2.45, 2.75) is 5.16 Å². The zero-order valence-electron chi connectivity index (χ0n) is 10.6. The minimum atomic E-state index is -0.425. The van der Waals surface area contributed by atoms with Crippen molar-refractivity contribution in [1.82, 2.24) is 19.2 Å². The summed E-state index contributed by atoms with van der Waals surface area (Å²) in [5, 5.41) is 16.8. The summed E-state index contributed by atoms with van der Waals surface area (Å²) >= 11 is 1.19. The lowest BCUT2D eigenvalue weighted by atomic mass is 10.3. The molecule has 2 aromatic heterocycles. The lowest BCUT2D eigenvalue weighted by molar-refractivity contribution is 0.626. The Labute approximate surface area is 122 Å². The van der Waals surface area contributed by atoms with Gasteiger partial charge >= 0.3 is 5.56 Å². The van der Waals surface area contributed by atoms with Gasteiger partial charge in [0.1, 0.15) is 5.82 Å². The normalized spacial score (nSPS) is 10.7. The summed E-state index contributed by atoms with van der Waals surface area (Å²) in [6.07, 6.45) is 3.13. The van der Waals surface area contributed by atoms with E-state index in [-0.39, 0.29) is 11.4 Å². The van der Waals surface area contributed by atoms with Gasteiger partial charge in [0, 0.05) is 12.4 Å². The summed E-state index contributed by atoms with van der Waals surface area (Å²) in [5.74, 6) is -0.209. The monoisotopic (exact) mass is 301 g/mol. The molecule has 0 aliphatic heterocycles. The Kier molecular flexibility index (Phi) is 3.41. The average Bonchev–Trinajstić information content (AvgIpc) is 2.89. The lowest BCUT2D eigenvalue weighted by Gasteiger charge is -2.06. The molecular weight excluding hydrogens is 293 g/mol. The van der Waals surface area contributed by atoms with Gasteiger partial charge in [-0.2, -0.15) is 5.26 Å². The Bertz CT molecular complexity index is 911. The first-order chi connectivity index (χ1) is 10.2. The van der Waals surface area contributed by atoms with Gasteiger partial charge in [-0.05, 0) is 18.2 Å². The summed E-state index contributed by atoms with van der Waals surface area (Å²) in [4.78, 5) is 12.4. The fraction of sp³-hybridized carbons (Fsp3) is 0.0769. The van der Waals surface area contributed by atoms with E-state index in [1.54, 1.807) is 12.3 Å². The van der Waals surface area contributed by atoms with Gasteiger partial charge in [-0.25, -0.2) is 4.39 Å². The van der Waals surface area contributed by atoms with Gasteiger partial charge in [0.2, 0.25) is 5.65 Å². The van der Waals surface area contributed by atoms with Crippen LogP contribution in [0.4, 0.5) is 4.39 Å². The van der Waals surface area contributed by atoms with Crippen LogP contribution in [-0.4, -0.2) is 24.9 Å². The molecule has 0 saturated carbocycles. The SMILES string of the molecule is N#CCSc1nnc2c(=O)n(-c3cccc(F)c3)ccn12. The second-order valence-corrected chi connectivity index (χ2v) is 5.02. The Balaban J connectivity index is 2.14. The molecule has 0 fully saturated rings. The van der Waals surface area contributed by atoms with Gasteiger partial charge in [-0.15, -0.1) is 10.2 Å². The number of hydrogen-bond acceptors (Lipinski definition) is 5. The molecule has 0 spiro atoms. The number of thioether (sulfide) groups is 1.